The van der Waals surface area contributed by atoms with Crippen molar-refractivity contribution in [1.82, 2.24) is 9.78 Å². The molecule has 0 aliphatic rings. The lowest BCUT2D eigenvalue weighted by molar-refractivity contribution is 0.0818. The van der Waals surface area contributed by atoms with E-state index in [2.05, 4.69) is 32.8 Å². The van der Waals surface area contributed by atoms with Gasteiger partial charge in [0.25, 0.3) is 5.91 Å². The van der Waals surface area contributed by atoms with Crippen molar-refractivity contribution >= 4 is 5.91 Å². The van der Waals surface area contributed by atoms with Gasteiger partial charge < -0.3 is 4.74 Å². The minimum atomic E-state index is -0.141. The second kappa shape index (κ2) is 7.65. The van der Waals surface area contributed by atoms with Crippen LogP contribution in [-0.2, 0) is 0 Å². The third-order valence-electron chi connectivity index (χ3n) is 4.60. The van der Waals surface area contributed by atoms with Crippen LogP contribution in [-0.4, -0.2) is 22.3 Å². The van der Waals surface area contributed by atoms with Crippen molar-refractivity contribution in [2.24, 2.45) is 0 Å². The Morgan fingerprint density at radius 2 is 1.79 bits per heavy atom. The molecular weight excluding hydrogens is 300 g/mol. The first-order chi connectivity index (χ1) is 11.3. The fourth-order valence-corrected chi connectivity index (χ4v) is 2.97. The molecule has 0 aliphatic heterocycles. The summed E-state index contributed by atoms with van der Waals surface area (Å²) in [4.78, 5) is 12.5. The molecule has 0 fully saturated rings. The number of carbonyl (C=O) groups excluding carboxylic acids is 1. The van der Waals surface area contributed by atoms with E-state index in [0.717, 1.165) is 17.8 Å². The molecule has 1 unspecified atom stereocenters. The van der Waals surface area contributed by atoms with Crippen molar-refractivity contribution in [2.75, 3.05) is 6.61 Å². The molecule has 4 nitrogen and oxygen atoms in total. The first-order valence-corrected chi connectivity index (χ1v) is 8.67. The molecule has 130 valence electrons. The van der Waals surface area contributed by atoms with Crippen LogP contribution in [0.4, 0.5) is 0 Å². The normalized spacial score (nSPS) is 12.5. The highest BCUT2D eigenvalue weighted by Crippen LogP contribution is 2.25. The van der Waals surface area contributed by atoms with E-state index in [1.54, 1.807) is 0 Å². The Kier molecular flexibility index (Phi) is 5.81. The summed E-state index contributed by atoms with van der Waals surface area (Å²) >= 11 is 0. The number of rotatable bonds is 6. The van der Waals surface area contributed by atoms with Gasteiger partial charge in [-0.1, -0.05) is 39.8 Å². The Morgan fingerprint density at radius 1 is 1.17 bits per heavy atom. The first-order valence-electron chi connectivity index (χ1n) is 8.67. The predicted molar refractivity (Wildman–Crippen MR) is 97.1 cm³/mol. The molecule has 2 aromatic rings. The Bertz CT molecular complexity index is 699. The maximum Gasteiger partial charge on any atom is 0.284 e. The number of ether oxygens (including phenoxy) is 1. The Balaban J connectivity index is 2.08. The van der Waals surface area contributed by atoms with Gasteiger partial charge in [-0.3, -0.25) is 4.79 Å². The number of hydrogen-bond acceptors (Lipinski definition) is 3. The highest BCUT2D eigenvalue weighted by atomic mass is 16.5. The van der Waals surface area contributed by atoms with Crippen LogP contribution in [0.2, 0.25) is 0 Å². The second-order valence-electron chi connectivity index (χ2n) is 6.71. The molecule has 0 bridgehead atoms. The average molecular weight is 328 g/mol. The summed E-state index contributed by atoms with van der Waals surface area (Å²) in [5, 5.41) is 4.42. The van der Waals surface area contributed by atoms with Crippen LogP contribution in [0.3, 0.4) is 0 Å². The number of nitrogens with zero attached hydrogens (tertiary/aromatic N) is 2. The predicted octanol–water partition coefficient (Wildman–Crippen LogP) is 4.86. The van der Waals surface area contributed by atoms with Crippen LogP contribution in [0.15, 0.2) is 24.3 Å². The van der Waals surface area contributed by atoms with Crippen molar-refractivity contribution in [3.05, 3.63) is 46.8 Å². The third kappa shape index (κ3) is 3.86. The van der Waals surface area contributed by atoms with Crippen LogP contribution in [0.25, 0.3) is 0 Å². The van der Waals surface area contributed by atoms with Crippen molar-refractivity contribution in [2.45, 2.75) is 59.8 Å². The molecule has 24 heavy (non-hydrogen) atoms. The molecule has 1 aromatic carbocycles. The van der Waals surface area contributed by atoms with E-state index >= 15 is 0 Å². The van der Waals surface area contributed by atoms with E-state index in [9.17, 15) is 4.79 Å². The fraction of sp³-hybridized carbons (Fsp3) is 0.500. The Morgan fingerprint density at radius 3 is 2.33 bits per heavy atom. The van der Waals surface area contributed by atoms with E-state index in [0.29, 0.717) is 17.6 Å². The smallest absolute Gasteiger partial charge is 0.284 e. The number of carbonyl (C=O) groups is 1. The molecule has 0 amide bonds. The summed E-state index contributed by atoms with van der Waals surface area (Å²) in [6.45, 7) is 12.5. The van der Waals surface area contributed by atoms with E-state index in [4.69, 9.17) is 4.74 Å². The van der Waals surface area contributed by atoms with Crippen molar-refractivity contribution in [1.29, 1.82) is 0 Å². The highest BCUT2D eigenvalue weighted by Gasteiger charge is 2.20. The van der Waals surface area contributed by atoms with Crippen molar-refractivity contribution < 1.29 is 9.53 Å². The van der Waals surface area contributed by atoms with E-state index in [1.165, 1.54) is 15.8 Å². The number of aromatic nitrogens is 2. The molecule has 0 aliphatic carbocycles. The minimum Gasteiger partial charge on any atom is -0.484 e. The first kappa shape index (κ1) is 18.2. The van der Waals surface area contributed by atoms with Crippen LogP contribution >= 0.6 is 0 Å². The van der Waals surface area contributed by atoms with Gasteiger partial charge in [0, 0.05) is 5.69 Å². The molecule has 4 heteroatoms. The van der Waals surface area contributed by atoms with Gasteiger partial charge in [0.1, 0.15) is 5.75 Å². The van der Waals surface area contributed by atoms with Gasteiger partial charge in [0.15, 0.2) is 6.61 Å². The minimum absolute atomic E-state index is 0.0110. The lowest BCUT2D eigenvalue weighted by Gasteiger charge is -2.10. The van der Waals surface area contributed by atoms with Gasteiger partial charge >= 0.3 is 0 Å². The number of hydrogen-bond donors (Lipinski definition) is 0. The molecule has 1 aromatic heterocycles. The van der Waals surface area contributed by atoms with Crippen molar-refractivity contribution in [3.63, 3.8) is 0 Å². The van der Waals surface area contributed by atoms with Gasteiger partial charge in [-0.05, 0) is 55.4 Å². The lowest BCUT2D eigenvalue weighted by Crippen LogP contribution is -2.21. The quantitative estimate of drug-likeness (QED) is 0.761. The summed E-state index contributed by atoms with van der Waals surface area (Å²) in [7, 11) is 0. The molecule has 0 radical (unpaired) electrons. The van der Waals surface area contributed by atoms with E-state index in [1.807, 2.05) is 38.1 Å². The molecule has 1 heterocycles. The Labute approximate surface area is 144 Å². The topological polar surface area (TPSA) is 44.1 Å². The zero-order valence-electron chi connectivity index (χ0n) is 15.6. The van der Waals surface area contributed by atoms with Gasteiger partial charge in [-0.2, -0.15) is 5.10 Å². The fourth-order valence-electron chi connectivity index (χ4n) is 2.97. The molecule has 0 spiro atoms. The third-order valence-corrected chi connectivity index (χ3v) is 4.60. The van der Waals surface area contributed by atoms with Crippen LogP contribution in [0.5, 0.6) is 5.75 Å². The van der Waals surface area contributed by atoms with Gasteiger partial charge in [-0.25, -0.2) is 4.68 Å². The average Bonchev–Trinajstić information content (AvgIpc) is 2.87. The zero-order valence-corrected chi connectivity index (χ0v) is 15.6. The van der Waals surface area contributed by atoms with Gasteiger partial charge in [0.2, 0.25) is 0 Å². The maximum absolute atomic E-state index is 12.5. The summed E-state index contributed by atoms with van der Waals surface area (Å²) in [6, 6.07) is 7.90. The SMILES string of the molecule is CCC(C)c1c(C)nn(C(=O)COc2ccc(C(C)C)cc2)c1C. The van der Waals surface area contributed by atoms with Gasteiger partial charge in [0.05, 0.1) is 5.69 Å². The van der Waals surface area contributed by atoms with E-state index < -0.39 is 0 Å². The number of aryl methyl sites for hydroxylation is 1. The summed E-state index contributed by atoms with van der Waals surface area (Å²) in [6.07, 6.45) is 1.03. The molecule has 0 saturated carbocycles. The summed E-state index contributed by atoms with van der Waals surface area (Å²) < 4.78 is 7.12. The van der Waals surface area contributed by atoms with Crippen molar-refractivity contribution in [3.8, 4) is 5.75 Å². The van der Waals surface area contributed by atoms with Crippen LogP contribution < -0.4 is 4.74 Å². The highest BCUT2D eigenvalue weighted by molar-refractivity contribution is 5.80. The summed E-state index contributed by atoms with van der Waals surface area (Å²) in [5.74, 6) is 1.44. The lowest BCUT2D eigenvalue weighted by atomic mass is 9.97. The summed E-state index contributed by atoms with van der Waals surface area (Å²) in [5.41, 5.74) is 4.28. The zero-order chi connectivity index (χ0) is 17.9. The van der Waals surface area contributed by atoms with E-state index in [-0.39, 0.29) is 12.5 Å². The molecule has 1 atom stereocenters. The number of benzene rings is 1. The molecule has 2 rings (SSSR count). The largest absolute Gasteiger partial charge is 0.484 e. The Hall–Kier alpha value is -2.10. The second-order valence-corrected chi connectivity index (χ2v) is 6.71. The maximum atomic E-state index is 12.5. The van der Waals surface area contributed by atoms with Crippen LogP contribution in [0, 0.1) is 13.8 Å². The monoisotopic (exact) mass is 328 g/mol. The molecular formula is C20H28N2O2. The molecule has 0 N–H and O–H groups in total. The molecule has 0 saturated heterocycles. The van der Waals surface area contributed by atoms with Gasteiger partial charge in [-0.15, -0.1) is 0 Å². The standard InChI is InChI=1S/C20H28N2O2/c1-7-14(4)20-15(5)21-22(16(20)6)19(23)12-24-18-10-8-17(9-11-18)13(2)3/h8-11,13-14H,7,12H2,1-6H3. The van der Waals surface area contributed by atoms with Crippen LogP contribution in [0.1, 0.15) is 73.3 Å².